The van der Waals surface area contributed by atoms with E-state index < -0.39 is 30.2 Å². The monoisotopic (exact) mass is 340 g/mol. The zero-order chi connectivity index (χ0) is 17.8. The first-order valence-electron chi connectivity index (χ1n) is 7.87. The predicted molar refractivity (Wildman–Crippen MR) is 87.6 cm³/mol. The Morgan fingerprint density at radius 3 is 2.04 bits per heavy atom. The highest BCUT2D eigenvalue weighted by atomic mass is 19.4. The maximum absolute atomic E-state index is 12.7. The lowest BCUT2D eigenvalue weighted by Gasteiger charge is -2.32. The molecule has 2 aliphatic rings. The van der Waals surface area contributed by atoms with Crippen LogP contribution in [0.1, 0.15) is 34.1 Å². The van der Waals surface area contributed by atoms with Crippen molar-refractivity contribution in [2.45, 2.75) is 51.5 Å². The largest absolute Gasteiger partial charge is 0.494 e. The molecule has 2 aliphatic heterocycles. The van der Waals surface area contributed by atoms with Gasteiger partial charge in [-0.25, -0.2) is 0 Å². The molecule has 2 heterocycles. The van der Waals surface area contributed by atoms with E-state index in [0.717, 1.165) is 5.46 Å². The summed E-state index contributed by atoms with van der Waals surface area (Å²) < 4.78 is 49.9. The van der Waals surface area contributed by atoms with Crippen LogP contribution in [0.15, 0.2) is 29.4 Å². The van der Waals surface area contributed by atoms with Crippen LogP contribution in [0.4, 0.5) is 18.9 Å². The van der Waals surface area contributed by atoms with Gasteiger partial charge in [-0.05, 0) is 45.3 Å². The topological polar surface area (TPSA) is 34.1 Å². The van der Waals surface area contributed by atoms with Crippen molar-refractivity contribution in [3.05, 3.63) is 24.3 Å². The molecule has 0 aliphatic carbocycles. The minimum Gasteiger partial charge on any atom is -0.399 e. The van der Waals surface area contributed by atoms with Crippen molar-refractivity contribution in [3.63, 3.8) is 0 Å². The van der Waals surface area contributed by atoms with Gasteiger partial charge >= 0.3 is 13.3 Å². The minimum atomic E-state index is -4.36. The SMILES string of the molecule is CC1(C)OB(c2ccc(N3CCC(C(F)(F)F)=N3)cc2)OC1(C)C. The molecule has 24 heavy (non-hydrogen) atoms. The van der Waals surface area contributed by atoms with Gasteiger partial charge in [0.25, 0.3) is 0 Å². The Labute approximate surface area is 139 Å². The van der Waals surface area contributed by atoms with Crippen molar-refractivity contribution in [1.82, 2.24) is 0 Å². The van der Waals surface area contributed by atoms with Crippen LogP contribution in [-0.4, -0.2) is 36.8 Å². The maximum Gasteiger partial charge on any atom is 0.494 e. The Kier molecular flexibility index (Phi) is 3.96. The molecule has 0 spiro atoms. The fourth-order valence-electron chi connectivity index (χ4n) is 2.63. The van der Waals surface area contributed by atoms with Crippen molar-refractivity contribution >= 4 is 24.0 Å². The molecule has 1 aromatic rings. The highest BCUT2D eigenvalue weighted by Crippen LogP contribution is 2.36. The van der Waals surface area contributed by atoms with E-state index in [-0.39, 0.29) is 13.0 Å². The normalized spacial score (nSPS) is 22.9. The quantitative estimate of drug-likeness (QED) is 0.776. The van der Waals surface area contributed by atoms with Crippen molar-refractivity contribution < 1.29 is 22.5 Å². The first kappa shape index (κ1) is 17.3. The minimum absolute atomic E-state index is 0.0948. The van der Waals surface area contributed by atoms with E-state index in [4.69, 9.17) is 9.31 Å². The second-order valence-electron chi connectivity index (χ2n) is 7.10. The van der Waals surface area contributed by atoms with E-state index >= 15 is 0 Å². The highest BCUT2D eigenvalue weighted by Gasteiger charge is 2.51. The molecule has 0 N–H and O–H groups in total. The summed E-state index contributed by atoms with van der Waals surface area (Å²) in [6, 6.07) is 7.09. The molecule has 4 nitrogen and oxygen atoms in total. The number of benzene rings is 1. The van der Waals surface area contributed by atoms with Gasteiger partial charge in [0.1, 0.15) is 5.71 Å². The van der Waals surface area contributed by atoms with Crippen molar-refractivity contribution in [2.75, 3.05) is 11.6 Å². The number of anilines is 1. The average Bonchev–Trinajstić information content (AvgIpc) is 3.02. The zero-order valence-corrected chi connectivity index (χ0v) is 14.1. The number of nitrogens with zero attached hydrogens (tertiary/aromatic N) is 2. The number of hydrogen-bond donors (Lipinski definition) is 0. The van der Waals surface area contributed by atoms with Crippen LogP contribution in [-0.2, 0) is 9.31 Å². The van der Waals surface area contributed by atoms with E-state index in [1.165, 1.54) is 5.01 Å². The lowest BCUT2D eigenvalue weighted by Crippen LogP contribution is -2.41. The van der Waals surface area contributed by atoms with Crippen LogP contribution in [0.25, 0.3) is 0 Å². The number of hydrazone groups is 1. The molecule has 0 unspecified atom stereocenters. The van der Waals surface area contributed by atoms with Gasteiger partial charge in [0.05, 0.1) is 16.9 Å². The molecular weight excluding hydrogens is 320 g/mol. The predicted octanol–water partition coefficient (Wildman–Crippen LogP) is 3.11. The van der Waals surface area contributed by atoms with Gasteiger partial charge in [-0.1, -0.05) is 12.1 Å². The van der Waals surface area contributed by atoms with Crippen LogP contribution >= 0.6 is 0 Å². The molecule has 0 aromatic heterocycles. The Balaban J connectivity index is 1.75. The van der Waals surface area contributed by atoms with Crippen LogP contribution < -0.4 is 10.5 Å². The second-order valence-corrected chi connectivity index (χ2v) is 7.10. The molecule has 130 valence electrons. The maximum atomic E-state index is 12.7. The van der Waals surface area contributed by atoms with Gasteiger partial charge in [-0.2, -0.15) is 18.3 Å². The number of rotatable bonds is 2. The Morgan fingerprint density at radius 1 is 1.04 bits per heavy atom. The van der Waals surface area contributed by atoms with Gasteiger partial charge in [-0.15, -0.1) is 0 Å². The first-order valence-corrected chi connectivity index (χ1v) is 7.87. The summed E-state index contributed by atoms with van der Waals surface area (Å²) in [6.07, 6.45) is -4.46. The second kappa shape index (κ2) is 5.49. The van der Waals surface area contributed by atoms with Crippen molar-refractivity contribution in [3.8, 4) is 0 Å². The molecule has 1 aromatic carbocycles. The van der Waals surface area contributed by atoms with E-state index in [0.29, 0.717) is 5.69 Å². The van der Waals surface area contributed by atoms with Gasteiger partial charge < -0.3 is 9.31 Å². The fourth-order valence-corrected chi connectivity index (χ4v) is 2.63. The summed E-state index contributed by atoms with van der Waals surface area (Å²) in [5, 5.41) is 5.04. The summed E-state index contributed by atoms with van der Waals surface area (Å²) >= 11 is 0. The summed E-state index contributed by atoms with van der Waals surface area (Å²) in [4.78, 5) is 0. The third kappa shape index (κ3) is 3.04. The lowest BCUT2D eigenvalue weighted by molar-refractivity contribution is -0.0598. The number of halogens is 3. The molecule has 1 saturated heterocycles. The standard InChI is InChI=1S/C16H20BF3N2O2/c1-14(2)15(3,4)24-17(23-14)11-5-7-12(8-6-11)22-10-9-13(21-22)16(18,19)20/h5-8H,9-10H2,1-4H3. The Morgan fingerprint density at radius 2 is 1.58 bits per heavy atom. The van der Waals surface area contributed by atoms with E-state index in [2.05, 4.69) is 5.10 Å². The highest BCUT2D eigenvalue weighted by molar-refractivity contribution is 6.62. The molecular formula is C16H20BF3N2O2. The first-order chi connectivity index (χ1) is 11.0. The zero-order valence-electron chi connectivity index (χ0n) is 14.1. The van der Waals surface area contributed by atoms with Crippen LogP contribution in [0.5, 0.6) is 0 Å². The third-order valence-electron chi connectivity index (χ3n) is 4.85. The van der Waals surface area contributed by atoms with Crippen molar-refractivity contribution in [2.24, 2.45) is 5.10 Å². The molecule has 0 saturated carbocycles. The van der Waals surface area contributed by atoms with Gasteiger partial charge in [-0.3, -0.25) is 5.01 Å². The van der Waals surface area contributed by atoms with Crippen molar-refractivity contribution in [1.29, 1.82) is 0 Å². The summed E-state index contributed by atoms with van der Waals surface area (Å²) in [6.45, 7) is 8.11. The third-order valence-corrected chi connectivity index (χ3v) is 4.85. The smallest absolute Gasteiger partial charge is 0.399 e. The van der Waals surface area contributed by atoms with E-state index in [9.17, 15) is 13.2 Å². The van der Waals surface area contributed by atoms with Crippen LogP contribution in [0.3, 0.4) is 0 Å². The molecule has 0 amide bonds. The van der Waals surface area contributed by atoms with E-state index in [1.54, 1.807) is 24.3 Å². The molecule has 1 fully saturated rings. The van der Waals surface area contributed by atoms with Gasteiger partial charge in [0.15, 0.2) is 0 Å². The summed E-state index contributed by atoms with van der Waals surface area (Å²) in [7, 11) is -0.489. The number of hydrogen-bond acceptors (Lipinski definition) is 4. The molecule has 0 atom stereocenters. The lowest BCUT2D eigenvalue weighted by atomic mass is 9.79. The van der Waals surface area contributed by atoms with Gasteiger partial charge in [0, 0.05) is 13.0 Å². The molecule has 0 bridgehead atoms. The average molecular weight is 340 g/mol. The van der Waals surface area contributed by atoms with Crippen LogP contribution in [0.2, 0.25) is 0 Å². The Bertz CT molecular complexity index is 640. The molecule has 3 rings (SSSR count). The number of alkyl halides is 3. The molecule has 8 heteroatoms. The van der Waals surface area contributed by atoms with Gasteiger partial charge in [0.2, 0.25) is 0 Å². The summed E-state index contributed by atoms with van der Waals surface area (Å²) in [5.41, 5.74) is -0.155. The summed E-state index contributed by atoms with van der Waals surface area (Å²) in [5.74, 6) is 0. The molecule has 0 radical (unpaired) electrons. The fraction of sp³-hybridized carbons (Fsp3) is 0.562. The van der Waals surface area contributed by atoms with E-state index in [1.807, 2.05) is 27.7 Å². The Hall–Kier alpha value is -1.54. The van der Waals surface area contributed by atoms with Crippen LogP contribution in [0, 0.1) is 0 Å².